The smallest absolute Gasteiger partial charge is 0.247 e. The second kappa shape index (κ2) is 15.8. The van der Waals surface area contributed by atoms with Gasteiger partial charge in [0.05, 0.1) is 12.0 Å². The monoisotopic (exact) mass is 613 g/mol. The third-order valence-corrected chi connectivity index (χ3v) is 8.82. The van der Waals surface area contributed by atoms with E-state index in [1.807, 2.05) is 84.9 Å². The minimum atomic E-state index is -3.57. The first-order valence-electron chi connectivity index (χ1n) is 14.7. The van der Waals surface area contributed by atoms with Gasteiger partial charge in [0.25, 0.3) is 0 Å². The zero-order valence-electron chi connectivity index (χ0n) is 25.1. The molecule has 230 valence electrons. The molecule has 9 heteroatoms. The van der Waals surface area contributed by atoms with Gasteiger partial charge < -0.3 is 15.0 Å². The Morgan fingerprint density at radius 2 is 1.36 bits per heavy atom. The zero-order chi connectivity index (χ0) is 31.4. The molecule has 44 heavy (non-hydrogen) atoms. The zero-order valence-corrected chi connectivity index (χ0v) is 25.9. The number of nitrogens with one attached hydrogen (secondary N) is 2. The molecule has 0 spiro atoms. The molecule has 2 N–H and O–H groups in total. The SMILES string of the molecule is CCNS(=O)(=O)c1ccc(CCC(=O)N(Cc2ccc(OC)cc2)[C@@H](C(=O)NCCc2ccccc2)c2ccccc2)cc1. The number of rotatable bonds is 15. The normalized spacial score (nSPS) is 11.9. The van der Waals surface area contributed by atoms with E-state index in [1.165, 1.54) is 0 Å². The van der Waals surface area contributed by atoms with Crippen molar-refractivity contribution >= 4 is 21.8 Å². The molecule has 0 heterocycles. The lowest BCUT2D eigenvalue weighted by Crippen LogP contribution is -2.44. The first kappa shape index (κ1) is 32.4. The van der Waals surface area contributed by atoms with Gasteiger partial charge in [-0.15, -0.1) is 0 Å². The van der Waals surface area contributed by atoms with Crippen molar-refractivity contribution in [1.82, 2.24) is 14.9 Å². The van der Waals surface area contributed by atoms with Gasteiger partial charge in [-0.2, -0.15) is 0 Å². The molecule has 4 aromatic rings. The van der Waals surface area contributed by atoms with Crippen LogP contribution < -0.4 is 14.8 Å². The van der Waals surface area contributed by atoms with E-state index in [9.17, 15) is 18.0 Å². The average molecular weight is 614 g/mol. The molecule has 4 aromatic carbocycles. The minimum Gasteiger partial charge on any atom is -0.497 e. The van der Waals surface area contributed by atoms with Crippen molar-refractivity contribution in [1.29, 1.82) is 0 Å². The van der Waals surface area contributed by atoms with Gasteiger partial charge in [-0.25, -0.2) is 13.1 Å². The molecule has 0 aliphatic carbocycles. The van der Waals surface area contributed by atoms with E-state index in [1.54, 1.807) is 43.2 Å². The number of amides is 2. The quantitative estimate of drug-likeness (QED) is 0.195. The maximum absolute atomic E-state index is 14.0. The highest BCUT2D eigenvalue weighted by Crippen LogP contribution is 2.26. The Morgan fingerprint density at radius 3 is 1.98 bits per heavy atom. The van der Waals surface area contributed by atoms with Gasteiger partial charge in [0.1, 0.15) is 11.8 Å². The van der Waals surface area contributed by atoms with Crippen molar-refractivity contribution in [3.63, 3.8) is 0 Å². The fourth-order valence-electron chi connectivity index (χ4n) is 4.93. The molecule has 2 amide bonds. The molecule has 0 radical (unpaired) electrons. The fraction of sp³-hybridized carbons (Fsp3) is 0.257. The molecule has 8 nitrogen and oxygen atoms in total. The lowest BCUT2D eigenvalue weighted by Gasteiger charge is -2.32. The number of methoxy groups -OCH3 is 1. The predicted octanol–water partition coefficient (Wildman–Crippen LogP) is 5.06. The summed E-state index contributed by atoms with van der Waals surface area (Å²) < 4.78 is 32.4. The number of hydrogen-bond acceptors (Lipinski definition) is 5. The number of sulfonamides is 1. The van der Waals surface area contributed by atoms with Gasteiger partial charge in [-0.1, -0.05) is 91.9 Å². The highest BCUT2D eigenvalue weighted by molar-refractivity contribution is 7.89. The summed E-state index contributed by atoms with van der Waals surface area (Å²) in [7, 11) is -1.97. The standard InChI is InChI=1S/C35H39N3O5S/c1-3-37-44(41,42)32-21-16-28(17-22-32)18-23-33(39)38(26-29-14-19-31(43-2)20-15-29)34(30-12-8-5-9-13-30)35(40)36-25-24-27-10-6-4-7-11-27/h4-17,19-22,34,37H,3,18,23-26H2,1-2H3,(H,36,40)/t34-/m1/s1. The van der Waals surface area contributed by atoms with Gasteiger partial charge in [0, 0.05) is 26.1 Å². The average Bonchev–Trinajstić information content (AvgIpc) is 3.05. The second-order valence-electron chi connectivity index (χ2n) is 10.4. The molecule has 0 fully saturated rings. The number of benzene rings is 4. The lowest BCUT2D eigenvalue weighted by atomic mass is 10.0. The Morgan fingerprint density at radius 1 is 0.773 bits per heavy atom. The Kier molecular flexibility index (Phi) is 11.7. The van der Waals surface area contributed by atoms with Crippen LogP contribution in [0.5, 0.6) is 5.75 Å². The Hall–Kier alpha value is -4.47. The van der Waals surface area contributed by atoms with E-state index in [-0.39, 0.29) is 29.7 Å². The number of nitrogens with zero attached hydrogens (tertiary/aromatic N) is 1. The Bertz CT molecular complexity index is 1590. The lowest BCUT2D eigenvalue weighted by molar-refractivity contribution is -0.141. The number of aryl methyl sites for hydroxylation is 1. The molecule has 0 unspecified atom stereocenters. The second-order valence-corrected chi connectivity index (χ2v) is 12.1. The van der Waals surface area contributed by atoms with Crippen LogP contribution >= 0.6 is 0 Å². The maximum atomic E-state index is 14.0. The topological polar surface area (TPSA) is 105 Å². The summed E-state index contributed by atoms with van der Waals surface area (Å²) in [5, 5.41) is 3.06. The highest BCUT2D eigenvalue weighted by Gasteiger charge is 2.31. The van der Waals surface area contributed by atoms with Crippen LogP contribution in [0.15, 0.2) is 114 Å². The van der Waals surface area contributed by atoms with Gasteiger partial charge in [0.2, 0.25) is 21.8 Å². The van der Waals surface area contributed by atoms with Crippen LogP contribution in [0.1, 0.15) is 41.6 Å². The predicted molar refractivity (Wildman–Crippen MR) is 172 cm³/mol. The van der Waals surface area contributed by atoms with Crippen LogP contribution in [0.4, 0.5) is 0 Å². The molecule has 4 rings (SSSR count). The number of carbonyl (C=O) groups is 2. The van der Waals surface area contributed by atoms with Crippen molar-refractivity contribution in [2.75, 3.05) is 20.2 Å². The van der Waals surface area contributed by atoms with Crippen molar-refractivity contribution in [3.8, 4) is 5.75 Å². The number of carbonyl (C=O) groups excluding carboxylic acids is 2. The first-order valence-corrected chi connectivity index (χ1v) is 16.2. The maximum Gasteiger partial charge on any atom is 0.247 e. The fourth-order valence-corrected chi connectivity index (χ4v) is 5.98. The van der Waals surface area contributed by atoms with Gasteiger partial charge in [-0.05, 0) is 59.4 Å². The van der Waals surface area contributed by atoms with E-state index in [2.05, 4.69) is 10.0 Å². The van der Waals surface area contributed by atoms with Crippen LogP contribution in [-0.4, -0.2) is 45.3 Å². The Labute approximate surface area is 260 Å². The summed E-state index contributed by atoms with van der Waals surface area (Å²) in [6, 6.07) is 32.3. The molecule has 0 saturated carbocycles. The molecule has 1 atom stereocenters. The number of ether oxygens (including phenoxy) is 1. The molecular weight excluding hydrogens is 574 g/mol. The van der Waals surface area contributed by atoms with Crippen LogP contribution in [0, 0.1) is 0 Å². The molecule has 0 saturated heterocycles. The van der Waals surface area contributed by atoms with E-state index in [0.717, 1.165) is 16.7 Å². The van der Waals surface area contributed by atoms with Crippen LogP contribution in [0.25, 0.3) is 0 Å². The van der Waals surface area contributed by atoms with Crippen molar-refractivity contribution in [2.24, 2.45) is 0 Å². The largest absolute Gasteiger partial charge is 0.497 e. The van der Waals surface area contributed by atoms with Crippen molar-refractivity contribution in [2.45, 2.75) is 43.7 Å². The van der Waals surface area contributed by atoms with E-state index in [0.29, 0.717) is 37.2 Å². The highest BCUT2D eigenvalue weighted by atomic mass is 32.2. The molecule has 0 bridgehead atoms. The number of hydrogen-bond donors (Lipinski definition) is 2. The van der Waals surface area contributed by atoms with Gasteiger partial charge in [0.15, 0.2) is 0 Å². The van der Waals surface area contributed by atoms with E-state index < -0.39 is 16.1 Å². The van der Waals surface area contributed by atoms with Crippen molar-refractivity contribution in [3.05, 3.63) is 131 Å². The van der Waals surface area contributed by atoms with Crippen LogP contribution in [-0.2, 0) is 39.0 Å². The molecular formula is C35H39N3O5S. The molecule has 0 aliphatic rings. The summed E-state index contributed by atoms with van der Waals surface area (Å²) in [6.07, 6.45) is 1.19. The summed E-state index contributed by atoms with van der Waals surface area (Å²) in [6.45, 7) is 2.67. The summed E-state index contributed by atoms with van der Waals surface area (Å²) in [5.41, 5.74) is 3.50. The first-order chi connectivity index (χ1) is 21.3. The summed E-state index contributed by atoms with van der Waals surface area (Å²) in [5.74, 6) is 0.244. The van der Waals surface area contributed by atoms with Gasteiger partial charge >= 0.3 is 0 Å². The van der Waals surface area contributed by atoms with Crippen LogP contribution in [0.3, 0.4) is 0 Å². The van der Waals surface area contributed by atoms with Crippen LogP contribution in [0.2, 0.25) is 0 Å². The summed E-state index contributed by atoms with van der Waals surface area (Å²) in [4.78, 5) is 29.6. The third-order valence-electron chi connectivity index (χ3n) is 7.26. The summed E-state index contributed by atoms with van der Waals surface area (Å²) >= 11 is 0. The molecule has 0 aliphatic heterocycles. The van der Waals surface area contributed by atoms with Crippen molar-refractivity contribution < 1.29 is 22.7 Å². The van der Waals surface area contributed by atoms with E-state index >= 15 is 0 Å². The van der Waals surface area contributed by atoms with Gasteiger partial charge in [-0.3, -0.25) is 9.59 Å². The Balaban J connectivity index is 1.57. The molecule has 0 aromatic heterocycles. The van der Waals surface area contributed by atoms with E-state index in [4.69, 9.17) is 4.74 Å². The minimum absolute atomic E-state index is 0.135. The third kappa shape index (κ3) is 9.02.